The summed E-state index contributed by atoms with van der Waals surface area (Å²) in [7, 11) is -1.41. The first kappa shape index (κ1) is 18.7. The first-order valence-electron chi connectivity index (χ1n) is 7.60. The van der Waals surface area contributed by atoms with Gasteiger partial charge < -0.3 is 15.0 Å². The van der Waals surface area contributed by atoms with Crippen LogP contribution in [0.3, 0.4) is 0 Å². The lowest BCUT2D eigenvalue weighted by Crippen LogP contribution is -2.43. The Morgan fingerprint density at radius 2 is 2.17 bits per heavy atom. The zero-order valence-electron chi connectivity index (χ0n) is 13.9. The number of esters is 1. The van der Waals surface area contributed by atoms with Crippen molar-refractivity contribution in [1.82, 2.24) is 9.27 Å². The number of carbonyl (C=O) groups is 2. The van der Waals surface area contributed by atoms with Gasteiger partial charge in [0.05, 0.1) is 17.2 Å². The van der Waals surface area contributed by atoms with Crippen LogP contribution in [0.4, 0.5) is 5.00 Å². The molecule has 1 atom stereocenters. The van der Waals surface area contributed by atoms with Crippen molar-refractivity contribution in [3.05, 3.63) is 11.3 Å². The molecule has 0 unspecified atom stereocenters. The van der Waals surface area contributed by atoms with Crippen molar-refractivity contribution in [1.29, 1.82) is 0 Å². The van der Waals surface area contributed by atoms with Crippen molar-refractivity contribution in [3.63, 3.8) is 0 Å². The van der Waals surface area contributed by atoms with Crippen molar-refractivity contribution in [2.45, 2.75) is 26.3 Å². The molecule has 2 rings (SSSR count). The van der Waals surface area contributed by atoms with E-state index in [1.807, 2.05) is 0 Å². The second-order valence-electron chi connectivity index (χ2n) is 5.53. The second-order valence-corrected chi connectivity index (χ2v) is 8.54. The Kier molecular flexibility index (Phi) is 5.81. The Morgan fingerprint density at radius 1 is 1.46 bits per heavy atom. The average Bonchev–Trinajstić information content (AvgIpc) is 3.08. The quantitative estimate of drug-likeness (QED) is 0.729. The first-order valence-corrected chi connectivity index (χ1v) is 10.2. The molecule has 134 valence electrons. The summed E-state index contributed by atoms with van der Waals surface area (Å²) in [5.41, 5.74) is 0.859. The molecule has 10 heteroatoms. The van der Waals surface area contributed by atoms with Crippen LogP contribution in [-0.4, -0.2) is 67.3 Å². The molecule has 1 aromatic rings. The number of hydrogen-bond acceptors (Lipinski definition) is 8. The van der Waals surface area contributed by atoms with Crippen LogP contribution < -0.4 is 5.32 Å². The van der Waals surface area contributed by atoms with E-state index in [1.54, 1.807) is 20.9 Å². The van der Waals surface area contributed by atoms with Gasteiger partial charge in [0.1, 0.15) is 10.6 Å². The number of likely N-dealkylation sites (N-methyl/N-ethyl adjacent to an activating group) is 1. The largest absolute Gasteiger partial charge is 0.452 e. The molecule has 0 bridgehead atoms. The molecule has 1 saturated heterocycles. The third kappa shape index (κ3) is 4.04. The molecule has 24 heavy (non-hydrogen) atoms. The predicted octanol–water partition coefficient (Wildman–Crippen LogP) is 0.686. The first-order chi connectivity index (χ1) is 11.3. The van der Waals surface area contributed by atoms with Crippen LogP contribution >= 0.6 is 11.5 Å². The predicted molar refractivity (Wildman–Crippen MR) is 91.1 cm³/mol. The molecule has 2 heterocycles. The van der Waals surface area contributed by atoms with Crippen molar-refractivity contribution < 1.29 is 22.7 Å². The highest BCUT2D eigenvalue weighted by molar-refractivity contribution is 7.91. The van der Waals surface area contributed by atoms with Gasteiger partial charge in [-0.25, -0.2) is 13.2 Å². The van der Waals surface area contributed by atoms with Crippen LogP contribution in [0.15, 0.2) is 0 Å². The second kappa shape index (κ2) is 7.47. The Morgan fingerprint density at radius 3 is 2.71 bits per heavy atom. The fraction of sp³-hybridized carbons (Fsp3) is 0.643. The number of sulfone groups is 1. The van der Waals surface area contributed by atoms with Crippen molar-refractivity contribution >= 4 is 38.2 Å². The van der Waals surface area contributed by atoms with Crippen LogP contribution in [0.5, 0.6) is 0 Å². The average molecular weight is 375 g/mol. The molecule has 1 N–H and O–H groups in total. The number of amides is 1. The van der Waals surface area contributed by atoms with E-state index < -0.39 is 22.4 Å². The fourth-order valence-electron chi connectivity index (χ4n) is 2.72. The van der Waals surface area contributed by atoms with E-state index in [0.29, 0.717) is 29.2 Å². The van der Waals surface area contributed by atoms with Crippen molar-refractivity contribution in [3.8, 4) is 0 Å². The highest BCUT2D eigenvalue weighted by Gasteiger charge is 2.34. The summed E-state index contributed by atoms with van der Waals surface area (Å²) in [5, 5.41) is 3.45. The number of carbonyl (C=O) groups excluding carboxylic acids is 2. The molecule has 1 aromatic heterocycles. The van der Waals surface area contributed by atoms with Gasteiger partial charge in [-0.2, -0.15) is 4.37 Å². The number of nitrogens with zero attached hydrogens (tertiary/aromatic N) is 2. The van der Waals surface area contributed by atoms with Crippen LogP contribution in [0, 0.1) is 6.92 Å². The Balaban J connectivity index is 1.98. The fourth-order valence-corrected chi connectivity index (χ4v) is 5.19. The summed E-state index contributed by atoms with van der Waals surface area (Å²) in [6, 6.07) is -0.344. The third-order valence-electron chi connectivity index (χ3n) is 3.93. The van der Waals surface area contributed by atoms with Gasteiger partial charge in [0, 0.05) is 19.6 Å². The summed E-state index contributed by atoms with van der Waals surface area (Å²) in [5.74, 6) is -0.946. The van der Waals surface area contributed by atoms with E-state index >= 15 is 0 Å². The van der Waals surface area contributed by atoms with Gasteiger partial charge in [-0.1, -0.05) is 0 Å². The molecular weight excluding hydrogens is 354 g/mol. The van der Waals surface area contributed by atoms with E-state index in [2.05, 4.69) is 9.69 Å². The molecular formula is C14H21N3O5S2. The minimum Gasteiger partial charge on any atom is -0.452 e. The molecule has 1 aliphatic rings. The molecule has 1 fully saturated rings. The Labute approximate surface area is 145 Å². The normalized spacial score (nSPS) is 19.0. The number of aryl methyl sites for hydroxylation is 1. The van der Waals surface area contributed by atoms with E-state index in [-0.39, 0.29) is 23.5 Å². The number of hydrogen-bond donors (Lipinski definition) is 1. The zero-order valence-corrected chi connectivity index (χ0v) is 15.5. The van der Waals surface area contributed by atoms with Crippen LogP contribution in [-0.2, 0) is 19.4 Å². The van der Waals surface area contributed by atoms with Gasteiger partial charge in [0.2, 0.25) is 0 Å². The van der Waals surface area contributed by atoms with Gasteiger partial charge in [0.25, 0.3) is 5.91 Å². The maximum absolute atomic E-state index is 12.3. The maximum atomic E-state index is 12.3. The molecule has 0 aromatic carbocycles. The topological polar surface area (TPSA) is 106 Å². The van der Waals surface area contributed by atoms with Crippen LogP contribution in [0.1, 0.15) is 29.4 Å². The molecule has 0 aliphatic carbocycles. The number of anilines is 1. The molecule has 8 nitrogen and oxygen atoms in total. The summed E-state index contributed by atoms with van der Waals surface area (Å²) in [4.78, 5) is 26.0. The summed E-state index contributed by atoms with van der Waals surface area (Å²) >= 11 is 1.15. The van der Waals surface area contributed by atoms with E-state index in [4.69, 9.17) is 4.74 Å². The number of rotatable bonds is 6. The standard InChI is InChI=1S/C14H21N3O5S2/c1-4-17(10-5-6-24(20,21)8-10)11(18)7-22-14(19)12-9(2)16-23-13(12)15-3/h10,15H,4-8H2,1-3H3/t10-/m1/s1. The van der Waals surface area contributed by atoms with Crippen molar-refractivity contribution in [2.24, 2.45) is 0 Å². The molecule has 0 radical (unpaired) electrons. The molecule has 0 spiro atoms. The third-order valence-corrected chi connectivity index (χ3v) is 6.64. The van der Waals surface area contributed by atoms with Gasteiger partial charge in [0.15, 0.2) is 16.4 Å². The molecule has 1 aliphatic heterocycles. The summed E-state index contributed by atoms with van der Waals surface area (Å²) in [6.07, 6.45) is 0.424. The van der Waals surface area contributed by atoms with Gasteiger partial charge >= 0.3 is 5.97 Å². The maximum Gasteiger partial charge on any atom is 0.343 e. The summed E-state index contributed by atoms with van der Waals surface area (Å²) in [6.45, 7) is 3.42. The number of aromatic nitrogens is 1. The lowest BCUT2D eigenvalue weighted by molar-refractivity contribution is -0.136. The smallest absolute Gasteiger partial charge is 0.343 e. The minimum atomic E-state index is -3.08. The lowest BCUT2D eigenvalue weighted by Gasteiger charge is -2.26. The van der Waals surface area contributed by atoms with Gasteiger partial charge in [-0.3, -0.25) is 4.79 Å². The number of ether oxygens (including phenoxy) is 1. The van der Waals surface area contributed by atoms with Gasteiger partial charge in [-0.15, -0.1) is 0 Å². The van der Waals surface area contributed by atoms with E-state index in [1.165, 1.54) is 4.90 Å². The minimum absolute atomic E-state index is 0.0298. The molecule has 1 amide bonds. The summed E-state index contributed by atoms with van der Waals surface area (Å²) < 4.78 is 32.3. The van der Waals surface area contributed by atoms with Gasteiger partial charge in [-0.05, 0) is 31.8 Å². The SMILES string of the molecule is CCN(C(=O)COC(=O)c1c(C)nsc1NC)[C@@H]1CCS(=O)(=O)C1. The van der Waals surface area contributed by atoms with Crippen LogP contribution in [0.2, 0.25) is 0 Å². The van der Waals surface area contributed by atoms with Crippen molar-refractivity contribution in [2.75, 3.05) is 37.0 Å². The highest BCUT2D eigenvalue weighted by atomic mass is 32.2. The zero-order chi connectivity index (χ0) is 17.9. The molecule has 0 saturated carbocycles. The Bertz CT molecular complexity index is 729. The van der Waals surface area contributed by atoms with E-state index in [9.17, 15) is 18.0 Å². The monoisotopic (exact) mass is 375 g/mol. The Hall–Kier alpha value is -1.68. The number of nitrogens with one attached hydrogen (secondary N) is 1. The highest BCUT2D eigenvalue weighted by Crippen LogP contribution is 2.24. The van der Waals surface area contributed by atoms with E-state index in [0.717, 1.165) is 11.5 Å². The lowest BCUT2D eigenvalue weighted by atomic mass is 10.2. The van der Waals surface area contributed by atoms with Crippen LogP contribution in [0.25, 0.3) is 0 Å².